The molecule has 6 fully saturated rings. The number of rotatable bonds is 14. The van der Waals surface area contributed by atoms with Crippen molar-refractivity contribution in [3.63, 3.8) is 0 Å². The van der Waals surface area contributed by atoms with Crippen molar-refractivity contribution in [2.24, 2.45) is 92.7 Å². The molecule has 8 aliphatic rings. The Balaban J connectivity index is 0.00000280. The van der Waals surface area contributed by atoms with Crippen molar-refractivity contribution in [1.29, 1.82) is 0 Å². The molecule has 406 valence electrons. The Kier molecular flexibility index (Phi) is 23.8. The second-order valence-corrected chi connectivity index (χ2v) is 26.0. The van der Waals surface area contributed by atoms with E-state index in [0.717, 1.165) is 110 Å². The fourth-order valence-electron chi connectivity index (χ4n) is 18.2. The lowest BCUT2D eigenvalue weighted by molar-refractivity contribution is -0.151. The van der Waals surface area contributed by atoms with E-state index in [9.17, 15) is 9.59 Å². The number of ether oxygens (including phenoxy) is 2. The average Bonchev–Trinajstić information content (AvgIpc) is 3.79. The van der Waals surface area contributed by atoms with Gasteiger partial charge in [0, 0.05) is 12.8 Å². The van der Waals surface area contributed by atoms with Crippen LogP contribution in [0.2, 0.25) is 0 Å². The lowest BCUT2D eigenvalue weighted by Gasteiger charge is -2.58. The molecule has 8 rings (SSSR count). The van der Waals surface area contributed by atoms with Crippen LogP contribution >= 0.6 is 0 Å². The Morgan fingerprint density at radius 1 is 0.514 bits per heavy atom. The van der Waals surface area contributed by atoms with Crippen LogP contribution in [0.1, 0.15) is 268 Å². The molecule has 4 heteroatoms. The molecule has 16 atom stereocenters. The summed E-state index contributed by atoms with van der Waals surface area (Å²) in [6, 6.07) is 0. The van der Waals surface area contributed by atoms with Crippen LogP contribution in [0.3, 0.4) is 0 Å². The number of hydrogen-bond donors (Lipinski definition) is 0. The maximum absolute atomic E-state index is 13.1. The molecule has 0 aromatic carbocycles. The number of fused-ring (bicyclic) bond motifs is 10. The summed E-state index contributed by atoms with van der Waals surface area (Å²) in [5.41, 5.74) is 4.60. The van der Waals surface area contributed by atoms with Crippen molar-refractivity contribution in [3.05, 3.63) is 23.3 Å². The molecule has 0 heterocycles. The maximum Gasteiger partial charge on any atom is 0.318 e. The van der Waals surface area contributed by atoms with Gasteiger partial charge in [-0.2, -0.15) is 0 Å². The predicted octanol–water partition coefficient (Wildman–Crippen LogP) is 19.5. The molecule has 0 radical (unpaired) electrons. The van der Waals surface area contributed by atoms with Crippen molar-refractivity contribution in [2.45, 2.75) is 280 Å². The van der Waals surface area contributed by atoms with Gasteiger partial charge in [-0.15, -0.1) is 0 Å². The molecule has 16 unspecified atom stereocenters. The SMILES string of the molecule is C.C.C.C.C.C.CC(C)CCCC(C)C1CCC2C3CC=C4CC(OC(=O)CC#CCC(=O)OC5CCC6(C)C(=CCC7C6CCC6(C)C(C(C)CCCC(C)C)CCC76)C5)CCC4(C)C3CCC12C. The minimum Gasteiger partial charge on any atom is -0.461 e. The molecule has 0 aliphatic heterocycles. The quantitative estimate of drug-likeness (QED) is 0.0989. The van der Waals surface area contributed by atoms with Crippen LogP contribution in [-0.2, 0) is 19.1 Å². The fourth-order valence-corrected chi connectivity index (χ4v) is 18.2. The molecule has 70 heavy (non-hydrogen) atoms. The van der Waals surface area contributed by atoms with Gasteiger partial charge in [-0.3, -0.25) is 9.59 Å². The summed E-state index contributed by atoms with van der Waals surface area (Å²) in [5.74, 6) is 15.4. The van der Waals surface area contributed by atoms with Crippen molar-refractivity contribution >= 4 is 11.9 Å². The molecule has 0 bridgehead atoms. The van der Waals surface area contributed by atoms with Crippen molar-refractivity contribution < 1.29 is 19.1 Å². The minimum absolute atomic E-state index is 0. The van der Waals surface area contributed by atoms with Gasteiger partial charge in [-0.25, -0.2) is 0 Å². The molecular weight excluding hydrogens is 857 g/mol. The first-order valence-corrected chi connectivity index (χ1v) is 27.7. The Bertz CT molecular complexity index is 1670. The summed E-state index contributed by atoms with van der Waals surface area (Å²) in [6.45, 7) is 25.1. The van der Waals surface area contributed by atoms with Gasteiger partial charge in [-0.05, 0) is 183 Å². The summed E-state index contributed by atoms with van der Waals surface area (Å²) in [6.07, 6.45) is 33.0. The smallest absolute Gasteiger partial charge is 0.318 e. The maximum atomic E-state index is 13.1. The van der Waals surface area contributed by atoms with E-state index in [1.165, 1.54) is 103 Å². The van der Waals surface area contributed by atoms with Gasteiger partial charge in [0.2, 0.25) is 0 Å². The first-order valence-electron chi connectivity index (χ1n) is 27.7. The van der Waals surface area contributed by atoms with Gasteiger partial charge in [0.1, 0.15) is 25.0 Å². The molecule has 0 spiro atoms. The lowest BCUT2D eigenvalue weighted by atomic mass is 9.47. The van der Waals surface area contributed by atoms with E-state index in [2.05, 4.69) is 93.2 Å². The zero-order valence-corrected chi connectivity index (χ0v) is 42.8. The van der Waals surface area contributed by atoms with Crippen LogP contribution in [0.4, 0.5) is 0 Å². The predicted molar refractivity (Wildman–Crippen MR) is 303 cm³/mol. The molecule has 0 saturated heterocycles. The van der Waals surface area contributed by atoms with E-state index in [-0.39, 0.29) is 92.4 Å². The van der Waals surface area contributed by atoms with E-state index < -0.39 is 0 Å². The van der Waals surface area contributed by atoms with Gasteiger partial charge < -0.3 is 9.47 Å². The highest BCUT2D eigenvalue weighted by Gasteiger charge is 2.61. The number of allylic oxidation sites excluding steroid dienone is 2. The van der Waals surface area contributed by atoms with Crippen molar-refractivity contribution in [2.75, 3.05) is 0 Å². The van der Waals surface area contributed by atoms with E-state index in [4.69, 9.17) is 9.47 Å². The third kappa shape index (κ3) is 12.6. The van der Waals surface area contributed by atoms with Gasteiger partial charge >= 0.3 is 11.9 Å². The van der Waals surface area contributed by atoms with Crippen molar-refractivity contribution in [1.82, 2.24) is 0 Å². The Labute approximate surface area is 437 Å². The topological polar surface area (TPSA) is 52.6 Å². The number of carbonyl (C=O) groups excluding carboxylic acids is 2. The van der Waals surface area contributed by atoms with E-state index in [1.54, 1.807) is 11.1 Å². The summed E-state index contributed by atoms with van der Waals surface area (Å²) in [7, 11) is 0. The van der Waals surface area contributed by atoms with Crippen LogP contribution in [0.5, 0.6) is 0 Å². The Morgan fingerprint density at radius 3 is 1.24 bits per heavy atom. The molecular formula is C66H118O4. The highest BCUT2D eigenvalue weighted by atomic mass is 16.5. The second-order valence-electron chi connectivity index (χ2n) is 26.0. The first kappa shape index (κ1) is 64.1. The minimum atomic E-state index is -0.252. The number of hydrogen-bond acceptors (Lipinski definition) is 4. The number of carbonyl (C=O) groups is 2. The molecule has 0 aromatic rings. The molecule has 8 aliphatic carbocycles. The molecule has 6 saturated carbocycles. The van der Waals surface area contributed by atoms with Gasteiger partial charge in [0.15, 0.2) is 0 Å². The third-order valence-electron chi connectivity index (χ3n) is 21.7. The summed E-state index contributed by atoms with van der Waals surface area (Å²) >= 11 is 0. The Hall–Kier alpha value is -2.02. The zero-order valence-electron chi connectivity index (χ0n) is 42.8. The van der Waals surface area contributed by atoms with Crippen LogP contribution in [0.15, 0.2) is 23.3 Å². The molecule has 0 N–H and O–H groups in total. The van der Waals surface area contributed by atoms with Crippen LogP contribution < -0.4 is 0 Å². The first-order chi connectivity index (χ1) is 30.5. The lowest BCUT2D eigenvalue weighted by Crippen LogP contribution is -2.51. The molecule has 0 aromatic heterocycles. The largest absolute Gasteiger partial charge is 0.461 e. The van der Waals surface area contributed by atoms with Gasteiger partial charge in [0.25, 0.3) is 0 Å². The van der Waals surface area contributed by atoms with Crippen LogP contribution in [-0.4, -0.2) is 24.1 Å². The standard InChI is InChI=1S/C60H94O4.6CH4/c1-39(2)15-13-17-41(5)49-25-27-51-47-23-21-43-37-45(29-33-57(43,7)53(47)31-35-59(49,51)9)63-55(61)19-11-12-20-56(62)64-46-30-34-58(8)44(38-46)22-24-48-52-28-26-50(42(6)18-14-16-40(3)4)60(52,10)36-32-54(48)58;;;;;;/h21-22,39-42,45-54H,13-20,23-38H2,1-10H3;6*1H4. The summed E-state index contributed by atoms with van der Waals surface area (Å²) in [4.78, 5) is 26.1. The van der Waals surface area contributed by atoms with Crippen LogP contribution in [0, 0.1) is 105 Å². The fraction of sp³-hybridized carbons (Fsp3) is 0.879. The monoisotopic (exact) mass is 975 g/mol. The average molecular weight is 976 g/mol. The van der Waals surface area contributed by atoms with E-state index in [1.807, 2.05) is 0 Å². The molecule has 0 amide bonds. The Morgan fingerprint density at radius 2 is 0.886 bits per heavy atom. The summed E-state index contributed by atoms with van der Waals surface area (Å²) < 4.78 is 12.2. The van der Waals surface area contributed by atoms with E-state index >= 15 is 0 Å². The van der Waals surface area contributed by atoms with Gasteiger partial charge in [-0.1, -0.05) is 187 Å². The normalized spacial score (nSPS) is 38.4. The van der Waals surface area contributed by atoms with Gasteiger partial charge in [0.05, 0.1) is 0 Å². The third-order valence-corrected chi connectivity index (χ3v) is 21.7. The summed E-state index contributed by atoms with van der Waals surface area (Å²) in [5, 5.41) is 0. The van der Waals surface area contributed by atoms with Crippen molar-refractivity contribution in [3.8, 4) is 11.8 Å². The molecule has 4 nitrogen and oxygen atoms in total. The highest BCUT2D eigenvalue weighted by molar-refractivity contribution is 5.75. The number of esters is 2. The second kappa shape index (κ2) is 26.0. The highest BCUT2D eigenvalue weighted by Crippen LogP contribution is 2.69. The zero-order chi connectivity index (χ0) is 45.6. The van der Waals surface area contributed by atoms with E-state index in [0.29, 0.717) is 10.8 Å². The van der Waals surface area contributed by atoms with Crippen LogP contribution in [0.25, 0.3) is 0 Å².